The number of fused-ring (bicyclic) bond motifs is 1. The van der Waals surface area contributed by atoms with Gasteiger partial charge in [0, 0.05) is 23.3 Å². The van der Waals surface area contributed by atoms with E-state index in [2.05, 4.69) is 16.0 Å². The third-order valence-corrected chi connectivity index (χ3v) is 5.36. The lowest BCUT2D eigenvalue weighted by Crippen LogP contribution is -2.41. The van der Waals surface area contributed by atoms with E-state index in [1.807, 2.05) is 55.5 Å². The Bertz CT molecular complexity index is 1470. The summed E-state index contributed by atoms with van der Waals surface area (Å²) in [6, 6.07) is 22.1. The van der Waals surface area contributed by atoms with Crippen LogP contribution in [0.2, 0.25) is 0 Å². The lowest BCUT2D eigenvalue weighted by Gasteiger charge is -2.11. The molecule has 2 N–H and O–H groups in total. The Kier molecular flexibility index (Phi) is 5.61. The molecule has 0 saturated heterocycles. The molecule has 0 aliphatic carbocycles. The van der Waals surface area contributed by atoms with Crippen molar-refractivity contribution in [3.8, 4) is 11.3 Å². The molecule has 8 heteroatoms. The third-order valence-electron chi connectivity index (χ3n) is 5.36. The largest absolute Gasteiger partial charge is 0.454 e. The third kappa shape index (κ3) is 4.42. The monoisotopic (exact) mass is 451 g/mol. The van der Waals surface area contributed by atoms with Crippen molar-refractivity contribution in [1.82, 2.24) is 25.6 Å². The van der Waals surface area contributed by atoms with Crippen LogP contribution in [0.4, 0.5) is 0 Å². The van der Waals surface area contributed by atoms with Crippen LogP contribution in [0.1, 0.15) is 32.2 Å². The van der Waals surface area contributed by atoms with Crippen molar-refractivity contribution in [3.05, 3.63) is 108 Å². The van der Waals surface area contributed by atoms with Gasteiger partial charge in [0.05, 0.1) is 23.3 Å². The van der Waals surface area contributed by atoms with Gasteiger partial charge in [-0.2, -0.15) is 5.10 Å². The fraction of sp³-hybridized carbons (Fsp3) is 0.0769. The van der Waals surface area contributed by atoms with Crippen LogP contribution in [0.5, 0.6) is 0 Å². The molecule has 168 valence electrons. The van der Waals surface area contributed by atoms with Crippen molar-refractivity contribution in [2.75, 3.05) is 0 Å². The zero-order chi connectivity index (χ0) is 23.5. The minimum atomic E-state index is -0.558. The van der Waals surface area contributed by atoms with Crippen molar-refractivity contribution >= 4 is 22.7 Å². The molecular weight excluding hydrogens is 430 g/mol. The van der Waals surface area contributed by atoms with E-state index in [0.717, 1.165) is 11.1 Å². The summed E-state index contributed by atoms with van der Waals surface area (Å²) in [5.41, 5.74) is 8.71. The predicted octanol–water partition coefficient (Wildman–Crippen LogP) is 4.12. The summed E-state index contributed by atoms with van der Waals surface area (Å²) < 4.78 is 7.26. The zero-order valence-electron chi connectivity index (χ0n) is 18.4. The standard InChI is InChI=1S/C26H21N5O3/c1-17-7-9-18(10-8-17)23-15-21(20-5-2-3-6-22(20)28-23)25(32)29-30-26(33)24-12-11-19(34-24)16-31-14-4-13-27-31/h2-15H,16H2,1H3,(H,29,32)(H,30,33). The highest BCUT2D eigenvalue weighted by Gasteiger charge is 2.17. The second-order valence-electron chi connectivity index (χ2n) is 7.82. The van der Waals surface area contributed by atoms with Crippen molar-refractivity contribution in [3.63, 3.8) is 0 Å². The number of amides is 2. The Morgan fingerprint density at radius 3 is 2.53 bits per heavy atom. The molecule has 3 aromatic heterocycles. The van der Waals surface area contributed by atoms with E-state index in [1.54, 1.807) is 41.3 Å². The van der Waals surface area contributed by atoms with Gasteiger partial charge in [-0.1, -0.05) is 48.0 Å². The number of nitrogens with zero attached hydrogens (tertiary/aromatic N) is 3. The first-order chi connectivity index (χ1) is 16.6. The first-order valence-electron chi connectivity index (χ1n) is 10.7. The van der Waals surface area contributed by atoms with Gasteiger partial charge >= 0.3 is 5.91 Å². The fourth-order valence-corrected chi connectivity index (χ4v) is 3.62. The molecule has 5 rings (SSSR count). The maximum atomic E-state index is 13.1. The van der Waals surface area contributed by atoms with E-state index in [1.165, 1.54) is 0 Å². The van der Waals surface area contributed by atoms with E-state index in [4.69, 9.17) is 9.40 Å². The number of furan rings is 1. The maximum absolute atomic E-state index is 13.1. The van der Waals surface area contributed by atoms with Crippen LogP contribution in [0.15, 0.2) is 89.6 Å². The van der Waals surface area contributed by atoms with E-state index >= 15 is 0 Å². The second kappa shape index (κ2) is 9.03. The zero-order valence-corrected chi connectivity index (χ0v) is 18.4. The highest BCUT2D eigenvalue weighted by atomic mass is 16.4. The van der Waals surface area contributed by atoms with Crippen molar-refractivity contribution in [2.45, 2.75) is 13.5 Å². The van der Waals surface area contributed by atoms with Crippen molar-refractivity contribution < 1.29 is 14.0 Å². The summed E-state index contributed by atoms with van der Waals surface area (Å²) >= 11 is 0. The number of rotatable bonds is 5. The molecule has 2 aromatic carbocycles. The average Bonchev–Trinajstić information content (AvgIpc) is 3.55. The van der Waals surface area contributed by atoms with E-state index in [-0.39, 0.29) is 5.76 Å². The van der Waals surface area contributed by atoms with Gasteiger partial charge < -0.3 is 4.42 Å². The maximum Gasteiger partial charge on any atom is 0.305 e. The summed E-state index contributed by atoms with van der Waals surface area (Å²) in [6.45, 7) is 2.41. The Morgan fingerprint density at radius 1 is 0.941 bits per heavy atom. The SMILES string of the molecule is Cc1ccc(-c2cc(C(=O)NNC(=O)c3ccc(Cn4cccn4)o3)c3ccccc3n2)cc1. The number of carbonyl (C=O) groups is 2. The van der Waals surface area contributed by atoms with Crippen LogP contribution in [0.25, 0.3) is 22.2 Å². The summed E-state index contributed by atoms with van der Waals surface area (Å²) in [4.78, 5) is 30.3. The van der Waals surface area contributed by atoms with E-state index in [9.17, 15) is 9.59 Å². The number of pyridine rings is 1. The molecule has 2 amide bonds. The van der Waals surface area contributed by atoms with Gasteiger partial charge in [0.15, 0.2) is 5.76 Å². The summed E-state index contributed by atoms with van der Waals surface area (Å²) in [7, 11) is 0. The van der Waals surface area contributed by atoms with Gasteiger partial charge in [-0.05, 0) is 37.3 Å². The summed E-state index contributed by atoms with van der Waals surface area (Å²) in [6.07, 6.45) is 3.46. The Hall–Kier alpha value is -4.72. The van der Waals surface area contributed by atoms with Crippen molar-refractivity contribution in [1.29, 1.82) is 0 Å². The van der Waals surface area contributed by atoms with Gasteiger partial charge in [0.1, 0.15) is 5.76 Å². The normalized spacial score (nSPS) is 10.9. The molecule has 0 aliphatic rings. The topological polar surface area (TPSA) is 102 Å². The number of para-hydroxylation sites is 1. The molecule has 0 bridgehead atoms. The molecular formula is C26H21N5O3. The quantitative estimate of drug-likeness (QED) is 0.391. The number of hydrogen-bond acceptors (Lipinski definition) is 5. The number of nitrogens with one attached hydrogen (secondary N) is 2. The molecule has 3 heterocycles. The second-order valence-corrected chi connectivity index (χ2v) is 7.82. The van der Waals surface area contributed by atoms with Crippen LogP contribution < -0.4 is 10.9 Å². The lowest BCUT2D eigenvalue weighted by atomic mass is 10.0. The Labute approximate surface area is 195 Å². The van der Waals surface area contributed by atoms with E-state index in [0.29, 0.717) is 34.5 Å². The number of benzene rings is 2. The number of carbonyl (C=O) groups excluding carboxylic acids is 2. The number of hydrazine groups is 1. The Balaban J connectivity index is 1.34. The molecule has 34 heavy (non-hydrogen) atoms. The molecule has 0 unspecified atom stereocenters. The van der Waals surface area contributed by atoms with Gasteiger partial charge in [0.25, 0.3) is 5.91 Å². The molecule has 0 radical (unpaired) electrons. The first-order valence-corrected chi connectivity index (χ1v) is 10.7. The molecule has 0 atom stereocenters. The van der Waals surface area contributed by atoms with Crippen LogP contribution in [-0.4, -0.2) is 26.6 Å². The number of aryl methyl sites for hydroxylation is 1. The predicted molar refractivity (Wildman–Crippen MR) is 127 cm³/mol. The molecule has 0 aliphatic heterocycles. The highest BCUT2D eigenvalue weighted by Crippen LogP contribution is 2.25. The van der Waals surface area contributed by atoms with Gasteiger partial charge in [-0.3, -0.25) is 25.1 Å². The molecule has 5 aromatic rings. The van der Waals surface area contributed by atoms with Crippen LogP contribution in [0, 0.1) is 6.92 Å². The van der Waals surface area contributed by atoms with Crippen LogP contribution >= 0.6 is 0 Å². The minimum absolute atomic E-state index is 0.0855. The van der Waals surface area contributed by atoms with Crippen LogP contribution in [0.3, 0.4) is 0 Å². The highest BCUT2D eigenvalue weighted by molar-refractivity contribution is 6.08. The summed E-state index contributed by atoms with van der Waals surface area (Å²) in [5, 5.41) is 4.80. The van der Waals surface area contributed by atoms with Gasteiger partial charge in [-0.15, -0.1) is 0 Å². The van der Waals surface area contributed by atoms with Gasteiger partial charge in [0.2, 0.25) is 0 Å². The van der Waals surface area contributed by atoms with Crippen molar-refractivity contribution in [2.24, 2.45) is 0 Å². The molecule has 0 fully saturated rings. The number of aromatic nitrogens is 3. The summed E-state index contributed by atoms with van der Waals surface area (Å²) in [5.74, 6) is -0.355. The minimum Gasteiger partial charge on any atom is -0.454 e. The average molecular weight is 451 g/mol. The molecule has 8 nitrogen and oxygen atoms in total. The smallest absolute Gasteiger partial charge is 0.305 e. The molecule has 0 saturated carbocycles. The number of hydrogen-bond donors (Lipinski definition) is 2. The Morgan fingerprint density at radius 2 is 1.74 bits per heavy atom. The fourth-order valence-electron chi connectivity index (χ4n) is 3.62. The lowest BCUT2D eigenvalue weighted by molar-refractivity contribution is 0.0830. The van der Waals surface area contributed by atoms with Gasteiger partial charge in [-0.25, -0.2) is 4.98 Å². The van der Waals surface area contributed by atoms with E-state index < -0.39 is 11.8 Å². The first kappa shape index (κ1) is 21.1. The molecule has 0 spiro atoms. The van der Waals surface area contributed by atoms with Crippen LogP contribution in [-0.2, 0) is 6.54 Å².